The summed E-state index contributed by atoms with van der Waals surface area (Å²) in [4.78, 5) is 26.7. The molecule has 7 nitrogen and oxygen atoms in total. The Hall–Kier alpha value is -2.71. The lowest BCUT2D eigenvalue weighted by atomic mass is 9.94. The summed E-state index contributed by atoms with van der Waals surface area (Å²) in [7, 11) is -2.16. The molecule has 1 aliphatic rings. The molecule has 3 rings (SSSR count). The molecule has 8 heteroatoms. The van der Waals surface area contributed by atoms with Crippen LogP contribution in [0.1, 0.15) is 11.1 Å². The molecule has 0 bridgehead atoms. The number of benzene rings is 2. The molecule has 0 spiro atoms. The molecule has 0 saturated carbocycles. The third kappa shape index (κ3) is 4.40. The summed E-state index contributed by atoms with van der Waals surface area (Å²) in [5, 5.41) is 2.65. The van der Waals surface area contributed by atoms with Crippen LogP contribution in [0.3, 0.4) is 0 Å². The second-order valence-electron chi connectivity index (χ2n) is 6.73. The van der Waals surface area contributed by atoms with Crippen LogP contribution in [0, 0.1) is 0 Å². The van der Waals surface area contributed by atoms with E-state index in [9.17, 15) is 18.0 Å². The molecule has 0 unspecified atom stereocenters. The Kier molecular flexibility index (Phi) is 5.81. The quantitative estimate of drug-likeness (QED) is 0.764. The first-order valence-electron chi connectivity index (χ1n) is 8.77. The number of nitrogens with one attached hydrogen (secondary N) is 1. The van der Waals surface area contributed by atoms with Crippen molar-refractivity contribution in [1.29, 1.82) is 0 Å². The molecule has 1 aliphatic heterocycles. The maximum atomic E-state index is 12.6. The van der Waals surface area contributed by atoms with Gasteiger partial charge in [0.1, 0.15) is 6.04 Å². The topological polar surface area (TPSA) is 92.8 Å². The van der Waals surface area contributed by atoms with E-state index in [-0.39, 0.29) is 17.1 Å². The first-order chi connectivity index (χ1) is 13.3. The number of amides is 1. The van der Waals surface area contributed by atoms with E-state index < -0.39 is 27.8 Å². The number of nitrogens with zero attached hydrogens (tertiary/aromatic N) is 1. The molecule has 0 saturated heterocycles. The van der Waals surface area contributed by atoms with Crippen molar-refractivity contribution in [3.05, 3.63) is 59.7 Å². The number of anilines is 1. The number of carbonyl (C=O) groups is 2. The van der Waals surface area contributed by atoms with Crippen LogP contribution in [0.5, 0.6) is 0 Å². The van der Waals surface area contributed by atoms with Gasteiger partial charge in [-0.3, -0.25) is 14.5 Å². The zero-order valence-electron chi connectivity index (χ0n) is 15.7. The second kappa shape index (κ2) is 8.12. The molecule has 1 atom stereocenters. The molecule has 0 fully saturated rings. The summed E-state index contributed by atoms with van der Waals surface area (Å²) >= 11 is 0. The van der Waals surface area contributed by atoms with Crippen LogP contribution in [-0.2, 0) is 37.1 Å². The number of sulfone groups is 1. The van der Waals surface area contributed by atoms with E-state index >= 15 is 0 Å². The van der Waals surface area contributed by atoms with E-state index in [1.165, 1.54) is 19.2 Å². The van der Waals surface area contributed by atoms with Crippen molar-refractivity contribution >= 4 is 27.4 Å². The molecule has 0 aliphatic carbocycles. The summed E-state index contributed by atoms with van der Waals surface area (Å²) < 4.78 is 28.7. The van der Waals surface area contributed by atoms with Gasteiger partial charge < -0.3 is 10.1 Å². The fraction of sp³-hybridized carbons (Fsp3) is 0.300. The first-order valence-corrected chi connectivity index (χ1v) is 10.7. The average molecular weight is 402 g/mol. The lowest BCUT2D eigenvalue weighted by Crippen LogP contribution is -2.49. The number of esters is 1. The van der Waals surface area contributed by atoms with Gasteiger partial charge in [-0.15, -0.1) is 0 Å². The SMILES string of the molecule is COC(=O)[C@@H]1Cc2ccccc2CN1CC(=O)Nc1ccccc1S(C)(=O)=O. The van der Waals surface area contributed by atoms with Gasteiger partial charge in [-0.1, -0.05) is 36.4 Å². The van der Waals surface area contributed by atoms with Crippen LogP contribution in [0.25, 0.3) is 0 Å². The standard InChI is InChI=1S/C20H22N2O5S/c1-27-20(24)17-11-14-7-3-4-8-15(14)12-22(17)13-19(23)21-16-9-5-6-10-18(16)28(2,25)26/h3-10,17H,11-13H2,1-2H3,(H,21,23)/t17-/m0/s1. The van der Waals surface area contributed by atoms with Crippen LogP contribution < -0.4 is 5.32 Å². The van der Waals surface area contributed by atoms with E-state index in [0.29, 0.717) is 13.0 Å². The number of hydrogen-bond donors (Lipinski definition) is 1. The van der Waals surface area contributed by atoms with E-state index in [1.807, 2.05) is 24.3 Å². The Morgan fingerprint density at radius 1 is 1.11 bits per heavy atom. The number of hydrogen-bond acceptors (Lipinski definition) is 6. The van der Waals surface area contributed by atoms with Crippen molar-refractivity contribution in [2.24, 2.45) is 0 Å². The predicted molar refractivity (Wildman–Crippen MR) is 105 cm³/mol. The lowest BCUT2D eigenvalue weighted by molar-refractivity contribution is -0.148. The first kappa shape index (κ1) is 20.0. The Morgan fingerprint density at radius 3 is 2.43 bits per heavy atom. The van der Waals surface area contributed by atoms with Gasteiger partial charge in [0.15, 0.2) is 9.84 Å². The number of rotatable bonds is 5. The van der Waals surface area contributed by atoms with E-state index in [2.05, 4.69) is 5.32 Å². The molecule has 0 radical (unpaired) electrons. The Balaban J connectivity index is 1.80. The molecule has 1 amide bonds. The van der Waals surface area contributed by atoms with Crippen molar-refractivity contribution in [2.45, 2.75) is 23.9 Å². The van der Waals surface area contributed by atoms with E-state index in [0.717, 1.165) is 17.4 Å². The number of methoxy groups -OCH3 is 1. The van der Waals surface area contributed by atoms with Crippen LogP contribution in [0.15, 0.2) is 53.4 Å². The van der Waals surface area contributed by atoms with Gasteiger partial charge in [-0.05, 0) is 29.7 Å². The predicted octanol–water partition coefficient (Wildman–Crippen LogP) is 1.63. The fourth-order valence-corrected chi connectivity index (χ4v) is 4.22. The molecule has 1 N–H and O–H groups in total. The molecule has 2 aromatic carbocycles. The minimum atomic E-state index is -3.48. The van der Waals surface area contributed by atoms with Crippen molar-refractivity contribution in [1.82, 2.24) is 4.90 Å². The van der Waals surface area contributed by atoms with Crippen LogP contribution >= 0.6 is 0 Å². The van der Waals surface area contributed by atoms with E-state index in [1.54, 1.807) is 17.0 Å². The molecule has 28 heavy (non-hydrogen) atoms. The van der Waals surface area contributed by atoms with Gasteiger partial charge in [0.2, 0.25) is 5.91 Å². The maximum Gasteiger partial charge on any atom is 0.323 e. The van der Waals surface area contributed by atoms with Crippen molar-refractivity contribution in [3.8, 4) is 0 Å². The van der Waals surface area contributed by atoms with Crippen molar-refractivity contribution < 1.29 is 22.7 Å². The number of fused-ring (bicyclic) bond motifs is 1. The summed E-state index contributed by atoms with van der Waals surface area (Å²) in [5.74, 6) is -0.803. The minimum absolute atomic E-state index is 0.0526. The van der Waals surface area contributed by atoms with Gasteiger partial charge in [0.25, 0.3) is 0 Å². The largest absolute Gasteiger partial charge is 0.468 e. The highest BCUT2D eigenvalue weighted by molar-refractivity contribution is 7.90. The zero-order valence-corrected chi connectivity index (χ0v) is 16.5. The molecule has 2 aromatic rings. The Labute approximate surface area is 164 Å². The third-order valence-electron chi connectivity index (χ3n) is 4.73. The van der Waals surface area contributed by atoms with Crippen LogP contribution in [0.2, 0.25) is 0 Å². The average Bonchev–Trinajstić information content (AvgIpc) is 2.66. The van der Waals surface area contributed by atoms with Crippen molar-refractivity contribution in [3.63, 3.8) is 0 Å². The normalized spacial score (nSPS) is 16.9. The summed E-state index contributed by atoms with van der Waals surface area (Å²) in [5.41, 5.74) is 2.32. The Bertz CT molecular complexity index is 1000. The highest BCUT2D eigenvalue weighted by atomic mass is 32.2. The number of carbonyl (C=O) groups excluding carboxylic acids is 2. The maximum absolute atomic E-state index is 12.6. The van der Waals surface area contributed by atoms with Gasteiger partial charge >= 0.3 is 5.97 Å². The molecular weight excluding hydrogens is 380 g/mol. The highest BCUT2D eigenvalue weighted by Crippen LogP contribution is 2.25. The number of ether oxygens (including phenoxy) is 1. The second-order valence-corrected chi connectivity index (χ2v) is 8.72. The summed E-state index contributed by atoms with van der Waals surface area (Å²) in [6, 6.07) is 13.4. The highest BCUT2D eigenvalue weighted by Gasteiger charge is 2.33. The van der Waals surface area contributed by atoms with E-state index in [4.69, 9.17) is 4.74 Å². The monoisotopic (exact) mass is 402 g/mol. The summed E-state index contributed by atoms with van der Waals surface area (Å²) in [6.45, 7) is 0.364. The smallest absolute Gasteiger partial charge is 0.323 e. The molecule has 1 heterocycles. The molecule has 148 valence electrons. The van der Waals surface area contributed by atoms with Crippen molar-refractivity contribution in [2.75, 3.05) is 25.2 Å². The van der Waals surface area contributed by atoms with Gasteiger partial charge in [-0.2, -0.15) is 0 Å². The summed E-state index contributed by atoms with van der Waals surface area (Å²) in [6.07, 6.45) is 1.54. The minimum Gasteiger partial charge on any atom is -0.468 e. The molecular formula is C20H22N2O5S. The third-order valence-corrected chi connectivity index (χ3v) is 5.88. The van der Waals surface area contributed by atoms with Gasteiger partial charge in [0.05, 0.1) is 24.2 Å². The Morgan fingerprint density at radius 2 is 1.75 bits per heavy atom. The molecule has 0 aromatic heterocycles. The fourth-order valence-electron chi connectivity index (χ4n) is 3.38. The van der Waals surface area contributed by atoms with Crippen LogP contribution in [-0.4, -0.2) is 51.1 Å². The lowest BCUT2D eigenvalue weighted by Gasteiger charge is -2.34. The zero-order chi connectivity index (χ0) is 20.3. The van der Waals surface area contributed by atoms with Crippen LogP contribution in [0.4, 0.5) is 5.69 Å². The van der Waals surface area contributed by atoms with Gasteiger partial charge in [-0.25, -0.2) is 8.42 Å². The number of para-hydroxylation sites is 1. The van der Waals surface area contributed by atoms with Gasteiger partial charge in [0, 0.05) is 12.8 Å².